The Labute approximate surface area is 118 Å². The lowest BCUT2D eigenvalue weighted by atomic mass is 10.1. The second-order valence-electron chi connectivity index (χ2n) is 4.38. The largest absolute Gasteiger partial charge is 0.497 e. The Morgan fingerprint density at radius 3 is 2.25 bits per heavy atom. The van der Waals surface area contributed by atoms with E-state index in [0.717, 1.165) is 22.6 Å². The molecule has 0 aliphatic rings. The van der Waals surface area contributed by atoms with Crippen LogP contribution in [0.25, 0.3) is 11.8 Å². The molecule has 0 heterocycles. The van der Waals surface area contributed by atoms with E-state index in [-0.39, 0.29) is 5.91 Å². The number of carbonyl (C=O) groups is 1. The molecular weight excluding hydrogens is 250 g/mol. The predicted octanol–water partition coefficient (Wildman–Crippen LogP) is 3.33. The highest BCUT2D eigenvalue weighted by molar-refractivity contribution is 5.91. The Balaban J connectivity index is 2.36. The summed E-state index contributed by atoms with van der Waals surface area (Å²) in [5.74, 6) is 0.693. The van der Waals surface area contributed by atoms with Gasteiger partial charge in [-0.3, -0.25) is 4.79 Å². The van der Waals surface area contributed by atoms with Crippen LogP contribution in [0.5, 0.6) is 5.75 Å². The Hall–Kier alpha value is -2.55. The molecule has 102 valence electrons. The maximum absolute atomic E-state index is 11.4. The molecule has 0 bridgehead atoms. The minimum Gasteiger partial charge on any atom is -0.497 e. The summed E-state index contributed by atoms with van der Waals surface area (Å²) in [4.78, 5) is 11.4. The van der Waals surface area contributed by atoms with Crippen molar-refractivity contribution in [3.05, 3.63) is 65.7 Å². The summed E-state index contributed by atoms with van der Waals surface area (Å²) in [7, 11) is 1.63. The molecule has 1 N–H and O–H groups in total. The average Bonchev–Trinajstić information content (AvgIpc) is 2.47. The molecule has 0 spiro atoms. The lowest BCUT2D eigenvalue weighted by molar-refractivity contribution is -0.117. The zero-order valence-corrected chi connectivity index (χ0v) is 11.6. The van der Waals surface area contributed by atoms with Gasteiger partial charge in [-0.1, -0.05) is 30.3 Å². The SMILES string of the molecule is COc1ccc(/C(=C/c2ccccc2)NC(C)=O)cc1. The molecule has 0 aliphatic carbocycles. The van der Waals surface area contributed by atoms with Gasteiger partial charge in [-0.05, 0) is 41.5 Å². The van der Waals surface area contributed by atoms with E-state index in [1.807, 2.05) is 60.7 Å². The highest BCUT2D eigenvalue weighted by atomic mass is 16.5. The standard InChI is InChI=1S/C17H17NO2/c1-13(19)18-17(12-14-6-4-3-5-7-14)15-8-10-16(20-2)11-9-15/h3-12H,1-2H3,(H,18,19)/b17-12-. The van der Waals surface area contributed by atoms with Gasteiger partial charge < -0.3 is 10.1 Å². The van der Waals surface area contributed by atoms with Crippen molar-refractivity contribution in [1.82, 2.24) is 5.32 Å². The van der Waals surface area contributed by atoms with E-state index in [0.29, 0.717) is 0 Å². The van der Waals surface area contributed by atoms with Crippen LogP contribution in [-0.2, 0) is 4.79 Å². The number of ether oxygens (including phenoxy) is 1. The van der Waals surface area contributed by atoms with E-state index in [1.54, 1.807) is 7.11 Å². The number of benzene rings is 2. The average molecular weight is 267 g/mol. The van der Waals surface area contributed by atoms with Gasteiger partial charge in [0.2, 0.25) is 5.91 Å². The summed E-state index contributed by atoms with van der Waals surface area (Å²) in [6, 6.07) is 17.5. The van der Waals surface area contributed by atoms with Crippen molar-refractivity contribution < 1.29 is 9.53 Å². The van der Waals surface area contributed by atoms with E-state index in [4.69, 9.17) is 4.74 Å². The molecule has 3 nitrogen and oxygen atoms in total. The van der Waals surface area contributed by atoms with Crippen LogP contribution in [0.15, 0.2) is 54.6 Å². The monoisotopic (exact) mass is 267 g/mol. The third-order valence-corrected chi connectivity index (χ3v) is 2.82. The van der Waals surface area contributed by atoms with E-state index in [1.165, 1.54) is 6.92 Å². The normalized spacial score (nSPS) is 11.0. The minimum atomic E-state index is -0.0944. The lowest BCUT2D eigenvalue weighted by Crippen LogP contribution is -2.17. The third kappa shape index (κ3) is 3.72. The van der Waals surface area contributed by atoms with Crippen LogP contribution < -0.4 is 10.1 Å². The first-order valence-corrected chi connectivity index (χ1v) is 6.38. The molecule has 2 aromatic rings. The maximum Gasteiger partial charge on any atom is 0.221 e. The van der Waals surface area contributed by atoms with E-state index in [9.17, 15) is 4.79 Å². The van der Waals surface area contributed by atoms with Gasteiger partial charge >= 0.3 is 0 Å². The summed E-state index contributed by atoms with van der Waals surface area (Å²) >= 11 is 0. The molecule has 0 saturated carbocycles. The number of amides is 1. The molecule has 0 saturated heterocycles. The maximum atomic E-state index is 11.4. The van der Waals surface area contributed by atoms with Gasteiger partial charge in [0.15, 0.2) is 0 Å². The van der Waals surface area contributed by atoms with E-state index in [2.05, 4.69) is 5.32 Å². The number of hydrogen-bond acceptors (Lipinski definition) is 2. The van der Waals surface area contributed by atoms with Gasteiger partial charge in [0, 0.05) is 12.6 Å². The van der Waals surface area contributed by atoms with Gasteiger partial charge in [0.25, 0.3) is 0 Å². The Bertz CT molecular complexity index is 601. The topological polar surface area (TPSA) is 38.3 Å². The first-order chi connectivity index (χ1) is 9.69. The number of nitrogens with one attached hydrogen (secondary N) is 1. The molecule has 2 aromatic carbocycles. The minimum absolute atomic E-state index is 0.0944. The van der Waals surface area contributed by atoms with Gasteiger partial charge in [-0.25, -0.2) is 0 Å². The quantitative estimate of drug-likeness (QED) is 0.863. The fourth-order valence-electron chi connectivity index (χ4n) is 1.87. The van der Waals surface area contributed by atoms with E-state index < -0.39 is 0 Å². The molecule has 0 unspecified atom stereocenters. The van der Waals surface area contributed by atoms with E-state index >= 15 is 0 Å². The summed E-state index contributed by atoms with van der Waals surface area (Å²) in [5, 5.41) is 2.86. The second-order valence-corrected chi connectivity index (χ2v) is 4.38. The molecule has 3 heteroatoms. The molecule has 1 amide bonds. The first-order valence-electron chi connectivity index (χ1n) is 6.38. The smallest absolute Gasteiger partial charge is 0.221 e. The number of carbonyl (C=O) groups excluding carboxylic acids is 1. The Morgan fingerprint density at radius 1 is 1.05 bits per heavy atom. The summed E-state index contributed by atoms with van der Waals surface area (Å²) in [6.45, 7) is 1.50. The van der Waals surface area contributed by atoms with Crippen molar-refractivity contribution in [3.8, 4) is 5.75 Å². The van der Waals surface area contributed by atoms with Crippen LogP contribution in [-0.4, -0.2) is 13.0 Å². The van der Waals surface area contributed by atoms with Crippen molar-refractivity contribution in [2.75, 3.05) is 7.11 Å². The predicted molar refractivity (Wildman–Crippen MR) is 81.1 cm³/mol. The highest BCUT2D eigenvalue weighted by Crippen LogP contribution is 2.19. The Kier molecular flexibility index (Phi) is 4.56. The number of hydrogen-bond donors (Lipinski definition) is 1. The number of rotatable bonds is 4. The highest BCUT2D eigenvalue weighted by Gasteiger charge is 2.04. The van der Waals surface area contributed by atoms with Crippen LogP contribution in [0, 0.1) is 0 Å². The summed E-state index contributed by atoms with van der Waals surface area (Å²) in [5.41, 5.74) is 2.74. The first kappa shape index (κ1) is 13.9. The summed E-state index contributed by atoms with van der Waals surface area (Å²) in [6.07, 6.45) is 1.95. The molecule has 0 aliphatic heterocycles. The fourth-order valence-corrected chi connectivity index (χ4v) is 1.87. The molecule has 2 rings (SSSR count). The summed E-state index contributed by atoms with van der Waals surface area (Å²) < 4.78 is 5.14. The van der Waals surface area contributed by atoms with Crippen molar-refractivity contribution in [3.63, 3.8) is 0 Å². The Morgan fingerprint density at radius 2 is 1.70 bits per heavy atom. The van der Waals surface area contributed by atoms with Crippen molar-refractivity contribution in [1.29, 1.82) is 0 Å². The molecular formula is C17H17NO2. The lowest BCUT2D eigenvalue weighted by Gasteiger charge is -2.09. The van der Waals surface area contributed by atoms with Crippen LogP contribution >= 0.6 is 0 Å². The van der Waals surface area contributed by atoms with Gasteiger partial charge in [-0.15, -0.1) is 0 Å². The third-order valence-electron chi connectivity index (χ3n) is 2.82. The van der Waals surface area contributed by atoms with Gasteiger partial charge in [-0.2, -0.15) is 0 Å². The fraction of sp³-hybridized carbons (Fsp3) is 0.118. The molecule has 20 heavy (non-hydrogen) atoms. The number of methoxy groups -OCH3 is 1. The molecule has 0 fully saturated rings. The molecule has 0 radical (unpaired) electrons. The van der Waals surface area contributed by atoms with Crippen molar-refractivity contribution >= 4 is 17.7 Å². The van der Waals surface area contributed by atoms with Crippen LogP contribution in [0.1, 0.15) is 18.1 Å². The van der Waals surface area contributed by atoms with Crippen molar-refractivity contribution in [2.24, 2.45) is 0 Å². The van der Waals surface area contributed by atoms with Crippen LogP contribution in [0.3, 0.4) is 0 Å². The molecule has 0 atom stereocenters. The zero-order valence-electron chi connectivity index (χ0n) is 11.6. The van der Waals surface area contributed by atoms with Crippen molar-refractivity contribution in [2.45, 2.75) is 6.92 Å². The van der Waals surface area contributed by atoms with Gasteiger partial charge in [0.05, 0.1) is 7.11 Å². The zero-order chi connectivity index (χ0) is 14.4. The second kappa shape index (κ2) is 6.57. The van der Waals surface area contributed by atoms with Crippen LogP contribution in [0.4, 0.5) is 0 Å². The van der Waals surface area contributed by atoms with Gasteiger partial charge in [0.1, 0.15) is 5.75 Å². The van der Waals surface area contributed by atoms with Crippen LogP contribution in [0.2, 0.25) is 0 Å². The molecule has 0 aromatic heterocycles.